The zero-order chi connectivity index (χ0) is 19.8. The molecular formula is C23H24Cl3NO2. The molecule has 0 radical (unpaired) electrons. The lowest BCUT2D eigenvalue weighted by atomic mass is 10.1. The molecule has 3 aromatic carbocycles. The van der Waals surface area contributed by atoms with Gasteiger partial charge in [-0.2, -0.15) is 0 Å². The molecule has 0 bridgehead atoms. The Bertz CT molecular complexity index is 918. The molecule has 3 rings (SSSR count). The monoisotopic (exact) mass is 451 g/mol. The lowest BCUT2D eigenvalue weighted by Gasteiger charge is -2.14. The van der Waals surface area contributed by atoms with Gasteiger partial charge in [-0.1, -0.05) is 59.6 Å². The molecule has 0 heterocycles. The van der Waals surface area contributed by atoms with E-state index in [0.29, 0.717) is 23.2 Å². The highest BCUT2D eigenvalue weighted by Gasteiger charge is 2.07. The number of para-hydroxylation sites is 1. The van der Waals surface area contributed by atoms with Crippen LogP contribution in [0.5, 0.6) is 11.5 Å². The average Bonchev–Trinajstić information content (AvgIpc) is 2.72. The van der Waals surface area contributed by atoms with E-state index in [1.807, 2.05) is 60.7 Å². The van der Waals surface area contributed by atoms with Gasteiger partial charge < -0.3 is 14.8 Å². The zero-order valence-corrected chi connectivity index (χ0v) is 18.5. The summed E-state index contributed by atoms with van der Waals surface area (Å²) in [6.07, 6.45) is 0.875. The highest BCUT2D eigenvalue weighted by Crippen LogP contribution is 2.25. The normalized spacial score (nSPS) is 10.3. The molecule has 6 heteroatoms. The van der Waals surface area contributed by atoms with Crippen LogP contribution in [0, 0.1) is 0 Å². The van der Waals surface area contributed by atoms with Crippen molar-refractivity contribution >= 4 is 35.6 Å². The maximum absolute atomic E-state index is 6.22. The Kier molecular flexibility index (Phi) is 9.62. The number of nitrogens with one attached hydrogen (secondary N) is 1. The van der Waals surface area contributed by atoms with Gasteiger partial charge in [-0.15, -0.1) is 12.4 Å². The van der Waals surface area contributed by atoms with Crippen molar-refractivity contribution < 1.29 is 9.47 Å². The van der Waals surface area contributed by atoms with Crippen molar-refractivity contribution in [3.63, 3.8) is 0 Å². The Balaban J connectivity index is 0.00000300. The molecule has 154 valence electrons. The van der Waals surface area contributed by atoms with Gasteiger partial charge in [0.1, 0.15) is 18.1 Å². The fourth-order valence-electron chi connectivity index (χ4n) is 2.95. The number of ether oxygens (including phenoxy) is 2. The minimum absolute atomic E-state index is 0. The van der Waals surface area contributed by atoms with Crippen molar-refractivity contribution in [1.29, 1.82) is 0 Å². The van der Waals surface area contributed by atoms with Gasteiger partial charge in [0.2, 0.25) is 0 Å². The van der Waals surface area contributed by atoms with Crippen molar-refractivity contribution in [1.82, 2.24) is 5.32 Å². The lowest BCUT2D eigenvalue weighted by molar-refractivity contribution is 0.302. The molecule has 0 amide bonds. The van der Waals surface area contributed by atoms with Crippen LogP contribution in [0.15, 0.2) is 66.7 Å². The third kappa shape index (κ3) is 6.83. The molecule has 0 spiro atoms. The average molecular weight is 453 g/mol. The predicted molar refractivity (Wildman–Crippen MR) is 123 cm³/mol. The van der Waals surface area contributed by atoms with Crippen LogP contribution in [-0.4, -0.2) is 13.7 Å². The molecule has 0 saturated carbocycles. The van der Waals surface area contributed by atoms with Gasteiger partial charge >= 0.3 is 0 Å². The van der Waals surface area contributed by atoms with Crippen LogP contribution in [0.1, 0.15) is 16.7 Å². The van der Waals surface area contributed by atoms with E-state index in [9.17, 15) is 0 Å². The number of methoxy groups -OCH3 is 1. The predicted octanol–water partition coefficient (Wildman–Crippen LogP) is 6.34. The number of hydrogen-bond acceptors (Lipinski definition) is 3. The summed E-state index contributed by atoms with van der Waals surface area (Å²) in [4.78, 5) is 0. The van der Waals surface area contributed by atoms with Gasteiger partial charge in [0.15, 0.2) is 0 Å². The molecule has 0 fully saturated rings. The SMILES string of the molecule is COc1ccccc1CCNCc1cc(Cl)ccc1OCc1ccccc1Cl.Cl. The van der Waals surface area contributed by atoms with E-state index >= 15 is 0 Å². The van der Waals surface area contributed by atoms with E-state index in [2.05, 4.69) is 11.4 Å². The Morgan fingerprint density at radius 3 is 2.31 bits per heavy atom. The molecule has 29 heavy (non-hydrogen) atoms. The minimum atomic E-state index is 0. The summed E-state index contributed by atoms with van der Waals surface area (Å²) < 4.78 is 11.4. The van der Waals surface area contributed by atoms with E-state index in [0.717, 1.165) is 35.6 Å². The van der Waals surface area contributed by atoms with Crippen LogP contribution in [0.2, 0.25) is 10.0 Å². The highest BCUT2D eigenvalue weighted by molar-refractivity contribution is 6.31. The molecule has 0 aliphatic heterocycles. The lowest BCUT2D eigenvalue weighted by Crippen LogP contribution is -2.17. The highest BCUT2D eigenvalue weighted by atomic mass is 35.5. The second-order valence-electron chi connectivity index (χ2n) is 6.37. The van der Waals surface area contributed by atoms with Gasteiger partial charge in [0, 0.05) is 27.7 Å². The fraction of sp³-hybridized carbons (Fsp3) is 0.217. The summed E-state index contributed by atoms with van der Waals surface area (Å²) in [7, 11) is 1.70. The Hall–Kier alpha value is -1.91. The van der Waals surface area contributed by atoms with E-state index in [1.54, 1.807) is 7.11 Å². The molecular weight excluding hydrogens is 429 g/mol. The number of rotatable bonds is 9. The van der Waals surface area contributed by atoms with Crippen molar-refractivity contribution in [3.05, 3.63) is 93.5 Å². The van der Waals surface area contributed by atoms with Crippen LogP contribution < -0.4 is 14.8 Å². The third-order valence-corrected chi connectivity index (χ3v) is 5.05. The summed E-state index contributed by atoms with van der Waals surface area (Å²) in [5.74, 6) is 1.71. The number of halogens is 3. The molecule has 0 unspecified atom stereocenters. The number of benzene rings is 3. The van der Waals surface area contributed by atoms with E-state index in [-0.39, 0.29) is 12.4 Å². The summed E-state index contributed by atoms with van der Waals surface area (Å²) in [6.45, 7) is 1.89. The van der Waals surface area contributed by atoms with E-state index in [4.69, 9.17) is 32.7 Å². The Morgan fingerprint density at radius 1 is 0.828 bits per heavy atom. The molecule has 3 nitrogen and oxygen atoms in total. The summed E-state index contributed by atoms with van der Waals surface area (Å²) >= 11 is 12.4. The summed E-state index contributed by atoms with van der Waals surface area (Å²) in [5.41, 5.74) is 3.15. The first-order valence-corrected chi connectivity index (χ1v) is 9.90. The van der Waals surface area contributed by atoms with Crippen molar-refractivity contribution in [3.8, 4) is 11.5 Å². The maximum Gasteiger partial charge on any atom is 0.124 e. The smallest absolute Gasteiger partial charge is 0.124 e. The van der Waals surface area contributed by atoms with Crippen LogP contribution in [-0.2, 0) is 19.6 Å². The summed E-state index contributed by atoms with van der Waals surface area (Å²) in [6, 6.07) is 21.4. The topological polar surface area (TPSA) is 30.5 Å². The van der Waals surface area contributed by atoms with E-state index in [1.165, 1.54) is 5.56 Å². The van der Waals surface area contributed by atoms with Gasteiger partial charge in [-0.3, -0.25) is 0 Å². The molecule has 0 aliphatic rings. The molecule has 1 N–H and O–H groups in total. The number of hydrogen-bond donors (Lipinski definition) is 1. The maximum atomic E-state index is 6.22. The van der Waals surface area contributed by atoms with Crippen LogP contribution in [0.4, 0.5) is 0 Å². The van der Waals surface area contributed by atoms with Crippen LogP contribution in [0.25, 0.3) is 0 Å². The quantitative estimate of drug-likeness (QED) is 0.384. The largest absolute Gasteiger partial charge is 0.496 e. The van der Waals surface area contributed by atoms with E-state index < -0.39 is 0 Å². The first kappa shape index (κ1) is 23.4. The molecule has 3 aromatic rings. The Morgan fingerprint density at radius 2 is 1.55 bits per heavy atom. The van der Waals surface area contributed by atoms with Crippen molar-refractivity contribution in [2.45, 2.75) is 19.6 Å². The van der Waals surface area contributed by atoms with Gasteiger partial charge in [-0.05, 0) is 48.9 Å². The van der Waals surface area contributed by atoms with Crippen LogP contribution >= 0.6 is 35.6 Å². The Labute approximate surface area is 188 Å². The molecule has 0 aromatic heterocycles. The zero-order valence-electron chi connectivity index (χ0n) is 16.2. The molecule has 0 aliphatic carbocycles. The van der Waals surface area contributed by atoms with Crippen molar-refractivity contribution in [2.75, 3.05) is 13.7 Å². The standard InChI is InChI=1S/C23H23Cl2NO2.ClH/c1-27-22-9-5-3-6-17(22)12-13-26-15-19-14-20(24)10-11-23(19)28-16-18-7-2-4-8-21(18)25;/h2-11,14,26H,12-13,15-16H2,1H3;1H. The third-order valence-electron chi connectivity index (χ3n) is 4.44. The second-order valence-corrected chi connectivity index (χ2v) is 7.21. The van der Waals surface area contributed by atoms with Gasteiger partial charge in [0.05, 0.1) is 7.11 Å². The molecule has 0 atom stereocenters. The van der Waals surface area contributed by atoms with Gasteiger partial charge in [0.25, 0.3) is 0 Å². The molecule has 0 saturated heterocycles. The summed E-state index contributed by atoms with van der Waals surface area (Å²) in [5, 5.41) is 4.85. The minimum Gasteiger partial charge on any atom is -0.496 e. The van der Waals surface area contributed by atoms with Crippen molar-refractivity contribution in [2.24, 2.45) is 0 Å². The van der Waals surface area contributed by atoms with Crippen LogP contribution in [0.3, 0.4) is 0 Å². The second kappa shape index (κ2) is 11.9. The fourth-order valence-corrected chi connectivity index (χ4v) is 3.34. The first-order chi connectivity index (χ1) is 13.7. The first-order valence-electron chi connectivity index (χ1n) is 9.14. The van der Waals surface area contributed by atoms with Gasteiger partial charge in [-0.25, -0.2) is 0 Å².